The fraction of sp³-hybridized carbons (Fsp3) is 1.00. The van der Waals surface area contributed by atoms with E-state index in [0.717, 1.165) is 12.5 Å². The quantitative estimate of drug-likeness (QED) is 0.360. The Kier molecular flexibility index (Phi) is 2.09. The van der Waals surface area contributed by atoms with Crippen molar-refractivity contribution in [1.82, 2.24) is 0 Å². The molecule has 0 saturated carbocycles. The van der Waals surface area contributed by atoms with E-state index in [-0.39, 0.29) is 0 Å². The highest BCUT2D eigenvalue weighted by Gasteiger charge is 2.11. The van der Waals surface area contributed by atoms with E-state index < -0.39 is 19.1 Å². The second kappa shape index (κ2) is 2.02. The Labute approximate surface area is 45.2 Å². The van der Waals surface area contributed by atoms with Gasteiger partial charge < -0.3 is 4.55 Å². The molecule has 7 heavy (non-hydrogen) atoms. The van der Waals surface area contributed by atoms with Crippen LogP contribution in [0.1, 0.15) is 0 Å². The minimum atomic E-state index is -3.27. The van der Waals surface area contributed by atoms with Gasteiger partial charge in [0.05, 0.1) is 16.5 Å². The third-order valence-corrected chi connectivity index (χ3v) is 3.84. The van der Waals surface area contributed by atoms with Gasteiger partial charge >= 0.3 is 8.87 Å². The third kappa shape index (κ3) is 2.90. The van der Waals surface area contributed by atoms with Crippen molar-refractivity contribution in [3.63, 3.8) is 0 Å². The summed E-state index contributed by atoms with van der Waals surface area (Å²) in [6, 6.07) is 0. The van der Waals surface area contributed by atoms with Crippen molar-refractivity contribution in [3.05, 3.63) is 0 Å². The maximum Gasteiger partial charge on any atom is 0.309 e. The average molecular weight is 142 g/mol. The molecule has 0 heterocycles. The zero-order valence-corrected chi connectivity index (χ0v) is 5.67. The van der Waals surface area contributed by atoms with Crippen molar-refractivity contribution in [3.8, 4) is 0 Å². The van der Waals surface area contributed by atoms with E-state index in [1.807, 2.05) is 0 Å². The summed E-state index contributed by atoms with van der Waals surface area (Å²) in [5, 5.41) is 0. The van der Waals surface area contributed by atoms with Crippen molar-refractivity contribution in [2.24, 2.45) is 0 Å². The molecule has 0 aliphatic rings. The van der Waals surface area contributed by atoms with E-state index in [9.17, 15) is 13.0 Å². The van der Waals surface area contributed by atoms with Crippen molar-refractivity contribution in [1.29, 1.82) is 0 Å². The third-order valence-electron chi connectivity index (χ3n) is 0.426. The monoisotopic (exact) mass is 142 g/mol. The molecule has 0 spiro atoms. The van der Waals surface area contributed by atoms with Crippen molar-refractivity contribution in [2.45, 2.75) is 0 Å². The zero-order chi connectivity index (χ0) is 6.08. The lowest BCUT2D eigenvalue weighted by molar-refractivity contribution is 0.589. The van der Waals surface area contributed by atoms with Crippen molar-refractivity contribution < 1.29 is 13.0 Å². The highest BCUT2D eigenvalue weighted by atomic mass is 33.2. The summed E-state index contributed by atoms with van der Waals surface area (Å²) in [5.41, 5.74) is 0. The zero-order valence-electron chi connectivity index (χ0n) is 4.04. The smallest absolute Gasteiger partial charge is 0.309 e. The molecule has 0 radical (unpaired) electrons. The fourth-order valence-electron chi connectivity index (χ4n) is 0. The Balaban J connectivity index is 4.10. The van der Waals surface area contributed by atoms with Crippen LogP contribution in [-0.4, -0.2) is 25.5 Å². The summed E-state index contributed by atoms with van der Waals surface area (Å²) in [6.45, 7) is 0. The van der Waals surface area contributed by atoms with Crippen molar-refractivity contribution in [2.75, 3.05) is 12.5 Å². The molecule has 0 fully saturated rings. The number of hydrogen-bond donors (Lipinski definition) is 0. The lowest BCUT2D eigenvalue weighted by Gasteiger charge is -1.96. The predicted octanol–water partition coefficient (Wildman–Crippen LogP) is -0.675. The van der Waals surface area contributed by atoms with E-state index >= 15 is 0 Å². The Hall–Kier alpha value is 0.260. The van der Waals surface area contributed by atoms with Gasteiger partial charge in [0.1, 0.15) is 6.26 Å². The maximum atomic E-state index is 10.0. The molecule has 0 amide bonds. The summed E-state index contributed by atoms with van der Waals surface area (Å²) in [7, 11) is -4.98. The first-order valence-corrected chi connectivity index (χ1v) is 5.45. The van der Waals surface area contributed by atoms with Crippen LogP contribution in [0.5, 0.6) is 0 Å². The van der Waals surface area contributed by atoms with Gasteiger partial charge in [-0.15, -0.1) is 0 Å². The van der Waals surface area contributed by atoms with Gasteiger partial charge in [0.2, 0.25) is 0 Å². The molecule has 1 atom stereocenters. The van der Waals surface area contributed by atoms with Crippen LogP contribution in [0.4, 0.5) is 0 Å². The molecule has 0 aromatic heterocycles. The highest BCUT2D eigenvalue weighted by molar-refractivity contribution is 8.66. The Morgan fingerprint density at radius 2 is 1.71 bits per heavy atom. The van der Waals surface area contributed by atoms with Gasteiger partial charge in [0, 0.05) is 0 Å². The van der Waals surface area contributed by atoms with Gasteiger partial charge in [-0.2, -0.15) is 8.42 Å². The number of hydrogen-bond acceptors (Lipinski definition) is 3. The molecule has 0 aliphatic carbocycles. The minimum Gasteiger partial charge on any atom is -0.602 e. The largest absolute Gasteiger partial charge is 0.602 e. The molecule has 1 unspecified atom stereocenters. The van der Waals surface area contributed by atoms with E-state index in [2.05, 4.69) is 0 Å². The summed E-state index contributed by atoms with van der Waals surface area (Å²) in [6.07, 6.45) is 2.07. The number of rotatable bonds is 1. The second-order valence-electron chi connectivity index (χ2n) is 1.11. The van der Waals surface area contributed by atoms with E-state index in [1.165, 1.54) is 0 Å². The molecular weight excluding hydrogens is 136 g/mol. The molecule has 3 nitrogen and oxygen atoms in total. The van der Waals surface area contributed by atoms with Crippen molar-refractivity contribution >= 4 is 19.1 Å². The van der Waals surface area contributed by atoms with Crippen LogP contribution in [0.25, 0.3) is 0 Å². The molecule has 0 saturated heterocycles. The van der Waals surface area contributed by atoms with Crippen LogP contribution in [0.3, 0.4) is 0 Å². The Morgan fingerprint density at radius 1 is 1.57 bits per heavy atom. The van der Waals surface area contributed by atoms with Crippen LogP contribution < -0.4 is 0 Å². The lowest BCUT2D eigenvalue weighted by Crippen LogP contribution is -2.10. The standard InChI is InChI=1S/C2H6O3S2/c1-6(3)7(2,4)5/h1-2H3. The van der Waals surface area contributed by atoms with Gasteiger partial charge in [-0.1, -0.05) is 0 Å². The van der Waals surface area contributed by atoms with Gasteiger partial charge in [-0.05, 0) is 0 Å². The first kappa shape index (κ1) is 7.26. The van der Waals surface area contributed by atoms with Crippen LogP contribution in [-0.2, 0) is 19.1 Å². The average Bonchev–Trinajstić information content (AvgIpc) is 1.31. The predicted molar refractivity (Wildman–Crippen MR) is 28.9 cm³/mol. The van der Waals surface area contributed by atoms with Gasteiger partial charge in [-0.3, -0.25) is 0 Å². The molecule has 5 heteroatoms. The van der Waals surface area contributed by atoms with Crippen LogP contribution in [0, 0.1) is 0 Å². The van der Waals surface area contributed by atoms with Crippen LogP contribution in [0.2, 0.25) is 0 Å². The highest BCUT2D eigenvalue weighted by Crippen LogP contribution is 1.92. The molecule has 0 rings (SSSR count). The molecule has 0 aromatic carbocycles. The summed E-state index contributed by atoms with van der Waals surface area (Å²) < 4.78 is 30.1. The molecular formula is C2H6O3S2. The van der Waals surface area contributed by atoms with E-state index in [1.54, 1.807) is 0 Å². The summed E-state index contributed by atoms with van der Waals surface area (Å²) >= 11 is 0. The Morgan fingerprint density at radius 3 is 1.71 bits per heavy atom. The summed E-state index contributed by atoms with van der Waals surface area (Å²) in [4.78, 5) is 0. The molecule has 0 bridgehead atoms. The first-order chi connectivity index (χ1) is 2.94. The normalized spacial score (nSPS) is 16.4. The van der Waals surface area contributed by atoms with Gasteiger partial charge in [0.15, 0.2) is 0 Å². The van der Waals surface area contributed by atoms with E-state index in [0.29, 0.717) is 0 Å². The topological polar surface area (TPSA) is 57.2 Å². The SMILES string of the molecule is C[S+]([O-])S(C)(=O)=O. The molecule has 0 aromatic rings. The van der Waals surface area contributed by atoms with Gasteiger partial charge in [-0.25, -0.2) is 0 Å². The van der Waals surface area contributed by atoms with E-state index in [4.69, 9.17) is 0 Å². The van der Waals surface area contributed by atoms with Crippen LogP contribution in [0.15, 0.2) is 0 Å². The Bertz CT molecular complexity index is 133. The van der Waals surface area contributed by atoms with Gasteiger partial charge in [0.25, 0.3) is 0 Å². The maximum absolute atomic E-state index is 10.0. The molecule has 0 aliphatic heterocycles. The minimum absolute atomic E-state index is 0.934. The molecule has 0 N–H and O–H groups in total. The van der Waals surface area contributed by atoms with Crippen LogP contribution >= 0.6 is 0 Å². The first-order valence-electron chi connectivity index (χ1n) is 1.48. The lowest BCUT2D eigenvalue weighted by atomic mass is 12.0. The second-order valence-corrected chi connectivity index (χ2v) is 6.54. The fourth-order valence-corrected chi connectivity index (χ4v) is 0. The molecule has 44 valence electrons. The summed E-state index contributed by atoms with van der Waals surface area (Å²) in [5.74, 6) is 0.